The molecular weight excluding hydrogens is 440 g/mol. The summed E-state index contributed by atoms with van der Waals surface area (Å²) in [6.07, 6.45) is 2.87. The smallest absolute Gasteiger partial charge is 0.312 e. The Morgan fingerprint density at radius 3 is 2.32 bits per heavy atom. The summed E-state index contributed by atoms with van der Waals surface area (Å²) in [5.41, 5.74) is 3.95. The lowest BCUT2D eigenvalue weighted by Gasteiger charge is -2.08. The number of hydrogen-bond acceptors (Lipinski definition) is 7. The number of ether oxygens (including phenoxy) is 3. The van der Waals surface area contributed by atoms with Gasteiger partial charge < -0.3 is 24.5 Å². The number of allylic oxidation sites excluding steroid dienone is 1. The van der Waals surface area contributed by atoms with Crippen LogP contribution in [0.3, 0.4) is 0 Å². The Morgan fingerprint density at radius 1 is 0.941 bits per heavy atom. The first-order valence-electron chi connectivity index (χ1n) is 11.0. The molecule has 180 valence electrons. The van der Waals surface area contributed by atoms with Gasteiger partial charge in [0.05, 0.1) is 27.1 Å². The van der Waals surface area contributed by atoms with Gasteiger partial charge in [-0.05, 0) is 35.6 Å². The van der Waals surface area contributed by atoms with Crippen molar-refractivity contribution in [2.24, 2.45) is 0 Å². The molecule has 0 bridgehead atoms. The summed E-state index contributed by atoms with van der Waals surface area (Å²) in [4.78, 5) is 51.4. The number of H-pyrrole nitrogens is 1. The summed E-state index contributed by atoms with van der Waals surface area (Å²) in [6, 6.07) is 9.32. The average Bonchev–Trinajstić information content (AvgIpc) is 3.39. The third-order valence-corrected chi connectivity index (χ3v) is 5.50. The van der Waals surface area contributed by atoms with Crippen LogP contribution in [0.5, 0.6) is 0 Å². The minimum Gasteiger partial charge on any atom is -0.469 e. The molecule has 1 aliphatic heterocycles. The van der Waals surface area contributed by atoms with Gasteiger partial charge in [-0.2, -0.15) is 0 Å². The van der Waals surface area contributed by atoms with Gasteiger partial charge in [0.25, 0.3) is 0 Å². The number of hydrogen-bond donors (Lipinski definition) is 2. The van der Waals surface area contributed by atoms with E-state index in [2.05, 4.69) is 10.3 Å². The minimum atomic E-state index is -0.466. The van der Waals surface area contributed by atoms with E-state index < -0.39 is 17.9 Å². The molecule has 0 aliphatic carbocycles. The van der Waals surface area contributed by atoms with E-state index in [4.69, 9.17) is 14.2 Å². The van der Waals surface area contributed by atoms with Crippen molar-refractivity contribution in [1.29, 1.82) is 0 Å². The molecule has 1 saturated heterocycles. The minimum absolute atomic E-state index is 0.0599. The summed E-state index contributed by atoms with van der Waals surface area (Å²) in [6.45, 7) is 0.135. The van der Waals surface area contributed by atoms with Crippen molar-refractivity contribution < 1.29 is 33.4 Å². The molecule has 3 rings (SSSR count). The molecule has 0 radical (unpaired) electrons. The molecule has 0 unspecified atom stereocenters. The van der Waals surface area contributed by atoms with Crippen molar-refractivity contribution in [3.8, 4) is 0 Å². The zero-order valence-corrected chi connectivity index (χ0v) is 19.3. The van der Waals surface area contributed by atoms with Gasteiger partial charge in [0.2, 0.25) is 5.91 Å². The van der Waals surface area contributed by atoms with Crippen LogP contribution in [0.1, 0.15) is 47.3 Å². The van der Waals surface area contributed by atoms with Gasteiger partial charge in [0.1, 0.15) is 6.61 Å². The number of nitrogens with one attached hydrogen (secondary N) is 2. The van der Waals surface area contributed by atoms with Crippen LogP contribution in [0.2, 0.25) is 0 Å². The first kappa shape index (κ1) is 24.8. The lowest BCUT2D eigenvalue weighted by Crippen LogP contribution is -2.12. The van der Waals surface area contributed by atoms with E-state index in [9.17, 15) is 19.2 Å². The molecule has 1 fully saturated rings. The Hall–Kier alpha value is -3.88. The zero-order chi connectivity index (χ0) is 24.5. The van der Waals surface area contributed by atoms with Crippen LogP contribution in [0, 0.1) is 0 Å². The largest absolute Gasteiger partial charge is 0.469 e. The van der Waals surface area contributed by atoms with Gasteiger partial charge in [-0.25, -0.2) is 0 Å². The summed E-state index contributed by atoms with van der Waals surface area (Å²) in [5, 5.41) is 2.78. The fourth-order valence-corrected chi connectivity index (χ4v) is 3.75. The summed E-state index contributed by atoms with van der Waals surface area (Å²) in [5.74, 6) is -1.41. The zero-order valence-electron chi connectivity index (χ0n) is 19.3. The topological polar surface area (TPSA) is 124 Å². The number of esters is 3. The van der Waals surface area contributed by atoms with Gasteiger partial charge >= 0.3 is 17.9 Å². The number of rotatable bonds is 10. The molecule has 0 saturated carbocycles. The number of carbonyl (C=O) groups excluding carboxylic acids is 4. The van der Waals surface area contributed by atoms with E-state index in [1.54, 1.807) is 6.08 Å². The van der Waals surface area contributed by atoms with Crippen LogP contribution in [-0.2, 0) is 59.3 Å². The Labute approximate surface area is 197 Å². The van der Waals surface area contributed by atoms with Gasteiger partial charge in [0, 0.05) is 29.9 Å². The monoisotopic (exact) mass is 468 g/mol. The van der Waals surface area contributed by atoms with Gasteiger partial charge in [-0.1, -0.05) is 30.3 Å². The molecule has 1 amide bonds. The number of methoxy groups -OCH3 is 2. The lowest BCUT2D eigenvalue weighted by atomic mass is 9.99. The molecule has 1 aromatic carbocycles. The van der Waals surface area contributed by atoms with E-state index in [1.165, 1.54) is 14.2 Å². The molecule has 2 aromatic rings. The summed E-state index contributed by atoms with van der Waals surface area (Å²) >= 11 is 0. The van der Waals surface area contributed by atoms with Gasteiger partial charge in [-0.15, -0.1) is 0 Å². The molecule has 1 aromatic heterocycles. The average molecular weight is 469 g/mol. The van der Waals surface area contributed by atoms with Gasteiger partial charge in [-0.3, -0.25) is 19.2 Å². The number of amides is 1. The van der Waals surface area contributed by atoms with Crippen molar-refractivity contribution in [3.63, 3.8) is 0 Å². The second kappa shape index (κ2) is 11.8. The number of benzene rings is 1. The fraction of sp³-hybridized carbons (Fsp3) is 0.360. The van der Waals surface area contributed by atoms with Crippen molar-refractivity contribution in [2.75, 3.05) is 14.2 Å². The molecule has 2 heterocycles. The molecule has 9 heteroatoms. The summed E-state index contributed by atoms with van der Waals surface area (Å²) in [7, 11) is 2.59. The van der Waals surface area contributed by atoms with Crippen LogP contribution < -0.4 is 5.32 Å². The van der Waals surface area contributed by atoms with Gasteiger partial charge in [0.15, 0.2) is 0 Å². The Balaban J connectivity index is 1.90. The van der Waals surface area contributed by atoms with Crippen molar-refractivity contribution in [1.82, 2.24) is 10.3 Å². The number of aromatic amines is 1. The van der Waals surface area contributed by atoms with E-state index in [0.717, 1.165) is 5.56 Å². The maximum Gasteiger partial charge on any atom is 0.312 e. The number of aromatic nitrogens is 1. The maximum atomic E-state index is 12.6. The lowest BCUT2D eigenvalue weighted by molar-refractivity contribution is -0.144. The van der Waals surface area contributed by atoms with E-state index in [-0.39, 0.29) is 38.2 Å². The molecule has 9 nitrogen and oxygen atoms in total. The SMILES string of the molecule is COC(=O)CCc1c(CC(=O)OCc2ccccc2)[nH]c(/C=C2\CCC(=O)N2)c1CC(=O)OC. The molecular formula is C25H28N2O7. The second-order valence-electron chi connectivity index (χ2n) is 7.84. The van der Waals surface area contributed by atoms with Crippen LogP contribution in [-0.4, -0.2) is 43.0 Å². The first-order chi connectivity index (χ1) is 16.4. The van der Waals surface area contributed by atoms with E-state index in [1.807, 2.05) is 30.3 Å². The van der Waals surface area contributed by atoms with Crippen LogP contribution in [0.4, 0.5) is 0 Å². The molecule has 34 heavy (non-hydrogen) atoms. The van der Waals surface area contributed by atoms with Crippen molar-refractivity contribution >= 4 is 29.9 Å². The first-order valence-corrected chi connectivity index (χ1v) is 11.0. The second-order valence-corrected chi connectivity index (χ2v) is 7.84. The summed E-state index contributed by atoms with van der Waals surface area (Å²) < 4.78 is 15.0. The molecule has 0 spiro atoms. The van der Waals surface area contributed by atoms with Crippen LogP contribution >= 0.6 is 0 Å². The normalized spacial score (nSPS) is 14.1. The number of carbonyl (C=O) groups is 4. The third kappa shape index (κ3) is 6.81. The predicted octanol–water partition coefficient (Wildman–Crippen LogP) is 2.37. The fourth-order valence-electron chi connectivity index (χ4n) is 3.75. The standard InChI is InChI=1S/C25H28N2O7/c1-32-23(29)11-9-18-19(13-24(30)33-2)20(12-17-8-10-22(28)26-17)27-21(18)14-25(31)34-15-16-6-4-3-5-7-16/h3-7,12,27H,8-11,13-15H2,1-2H3,(H,26,28)/b17-12+. The predicted molar refractivity (Wildman–Crippen MR) is 122 cm³/mol. The van der Waals surface area contributed by atoms with Crippen molar-refractivity contribution in [3.05, 3.63) is 64.1 Å². The highest BCUT2D eigenvalue weighted by molar-refractivity contribution is 5.83. The van der Waals surface area contributed by atoms with Crippen LogP contribution in [0.15, 0.2) is 36.0 Å². The Morgan fingerprint density at radius 2 is 1.68 bits per heavy atom. The molecule has 1 aliphatic rings. The maximum absolute atomic E-state index is 12.6. The quantitative estimate of drug-likeness (QED) is 0.405. The third-order valence-electron chi connectivity index (χ3n) is 5.50. The molecule has 2 N–H and O–H groups in total. The Bertz CT molecular complexity index is 1090. The van der Waals surface area contributed by atoms with Crippen LogP contribution in [0.25, 0.3) is 6.08 Å². The van der Waals surface area contributed by atoms with E-state index >= 15 is 0 Å². The van der Waals surface area contributed by atoms with E-state index in [0.29, 0.717) is 41.1 Å². The highest BCUT2D eigenvalue weighted by atomic mass is 16.5. The molecule has 0 atom stereocenters. The highest BCUT2D eigenvalue weighted by Gasteiger charge is 2.23. The van der Waals surface area contributed by atoms with Crippen molar-refractivity contribution in [2.45, 2.75) is 45.1 Å². The Kier molecular flexibility index (Phi) is 8.61. The highest BCUT2D eigenvalue weighted by Crippen LogP contribution is 2.26.